The van der Waals surface area contributed by atoms with Crippen LogP contribution in [-0.4, -0.2) is 53.3 Å². The number of para-hydroxylation sites is 2. The summed E-state index contributed by atoms with van der Waals surface area (Å²) in [5.74, 6) is 0. The van der Waals surface area contributed by atoms with E-state index in [2.05, 4.69) is 9.97 Å². The molecule has 0 saturated carbocycles. The molecular formula is C18H22ClN3O4S. The third-order valence-corrected chi connectivity index (χ3v) is 6.85. The third-order valence-electron chi connectivity index (χ3n) is 4.30. The maximum atomic E-state index is 13.0. The number of amides is 1. The summed E-state index contributed by atoms with van der Waals surface area (Å²) in [4.78, 5) is 22.1. The number of sulfone groups is 1. The van der Waals surface area contributed by atoms with Gasteiger partial charge in [0.2, 0.25) is 9.84 Å². The van der Waals surface area contributed by atoms with Gasteiger partial charge in [0, 0.05) is 13.1 Å². The number of nitrogens with zero attached hydrogens (tertiary/aromatic N) is 3. The number of carbonyl (C=O) groups is 1. The minimum absolute atomic E-state index is 0.122. The second-order valence-corrected chi connectivity index (χ2v) is 10.0. The Morgan fingerprint density at radius 2 is 1.70 bits per heavy atom. The van der Waals surface area contributed by atoms with Gasteiger partial charge < -0.3 is 9.64 Å². The Balaban J connectivity index is 1.78. The van der Waals surface area contributed by atoms with Crippen LogP contribution in [-0.2, 0) is 14.6 Å². The molecule has 0 spiro atoms. The number of likely N-dealkylation sites (tertiary alicyclic amines) is 1. The Kier molecular flexibility index (Phi) is 5.31. The van der Waals surface area contributed by atoms with E-state index in [0.717, 1.165) is 0 Å². The lowest BCUT2D eigenvalue weighted by Crippen LogP contribution is -2.44. The van der Waals surface area contributed by atoms with E-state index >= 15 is 0 Å². The molecule has 27 heavy (non-hydrogen) atoms. The highest BCUT2D eigenvalue weighted by molar-refractivity contribution is 7.92. The average Bonchev–Trinajstić information content (AvgIpc) is 2.59. The fraction of sp³-hybridized carbons (Fsp3) is 0.500. The highest BCUT2D eigenvalue weighted by atomic mass is 35.5. The van der Waals surface area contributed by atoms with Gasteiger partial charge in [0.05, 0.1) is 16.3 Å². The van der Waals surface area contributed by atoms with Crippen molar-refractivity contribution in [3.63, 3.8) is 0 Å². The largest absolute Gasteiger partial charge is 0.444 e. The van der Waals surface area contributed by atoms with Gasteiger partial charge in [-0.3, -0.25) is 0 Å². The zero-order valence-electron chi connectivity index (χ0n) is 15.5. The maximum absolute atomic E-state index is 13.0. The fourth-order valence-electron chi connectivity index (χ4n) is 2.98. The molecule has 9 heteroatoms. The van der Waals surface area contributed by atoms with Gasteiger partial charge in [0.1, 0.15) is 5.60 Å². The van der Waals surface area contributed by atoms with E-state index in [0.29, 0.717) is 37.0 Å². The van der Waals surface area contributed by atoms with E-state index in [1.54, 1.807) is 45.0 Å². The van der Waals surface area contributed by atoms with Crippen molar-refractivity contribution in [2.24, 2.45) is 0 Å². The van der Waals surface area contributed by atoms with Crippen LogP contribution < -0.4 is 0 Å². The van der Waals surface area contributed by atoms with Crippen molar-refractivity contribution in [3.05, 3.63) is 29.4 Å². The Bertz CT molecular complexity index is 964. The van der Waals surface area contributed by atoms with Crippen molar-refractivity contribution in [1.29, 1.82) is 0 Å². The molecule has 0 N–H and O–H groups in total. The zero-order chi connectivity index (χ0) is 19.8. The molecule has 1 aliphatic rings. The van der Waals surface area contributed by atoms with E-state index in [1.807, 2.05) is 0 Å². The van der Waals surface area contributed by atoms with Crippen molar-refractivity contribution in [2.75, 3.05) is 13.1 Å². The average molecular weight is 412 g/mol. The molecule has 0 bridgehead atoms. The summed E-state index contributed by atoms with van der Waals surface area (Å²) in [7, 11) is -3.75. The SMILES string of the molecule is CC(C)(C)OC(=O)N1CCC(S(=O)(=O)c2nc3ccccc3nc2Cl)CC1. The standard InChI is InChI=1S/C18H22ClN3O4S/c1-18(2,3)26-17(23)22-10-8-12(9-11-22)27(24,25)16-15(19)20-13-6-4-5-7-14(13)21-16/h4-7,12H,8-11H2,1-3H3. The summed E-state index contributed by atoms with van der Waals surface area (Å²) in [5, 5.41) is -0.981. The molecule has 146 valence electrons. The van der Waals surface area contributed by atoms with E-state index in [9.17, 15) is 13.2 Å². The smallest absolute Gasteiger partial charge is 0.410 e. The topological polar surface area (TPSA) is 89.5 Å². The predicted octanol–water partition coefficient (Wildman–Crippen LogP) is 3.46. The molecular weight excluding hydrogens is 390 g/mol. The highest BCUT2D eigenvalue weighted by Crippen LogP contribution is 2.29. The van der Waals surface area contributed by atoms with Crippen LogP contribution in [0.1, 0.15) is 33.6 Å². The molecule has 0 atom stereocenters. The van der Waals surface area contributed by atoms with Crippen LogP contribution in [0.4, 0.5) is 4.79 Å². The lowest BCUT2D eigenvalue weighted by Gasteiger charge is -2.33. The van der Waals surface area contributed by atoms with Crippen LogP contribution >= 0.6 is 11.6 Å². The summed E-state index contributed by atoms with van der Waals surface area (Å²) < 4.78 is 31.4. The summed E-state index contributed by atoms with van der Waals surface area (Å²) in [5.41, 5.74) is 0.432. The van der Waals surface area contributed by atoms with Crippen LogP contribution in [0.25, 0.3) is 11.0 Å². The summed E-state index contributed by atoms with van der Waals surface area (Å²) >= 11 is 6.12. The fourth-order valence-corrected chi connectivity index (χ4v) is 5.09. The molecule has 0 radical (unpaired) electrons. The number of rotatable bonds is 2. The maximum Gasteiger partial charge on any atom is 0.410 e. The van der Waals surface area contributed by atoms with Gasteiger partial charge in [-0.1, -0.05) is 23.7 Å². The quantitative estimate of drug-likeness (QED) is 0.751. The Morgan fingerprint density at radius 3 is 2.26 bits per heavy atom. The van der Waals surface area contributed by atoms with Gasteiger partial charge in [0.25, 0.3) is 0 Å². The number of hydrogen-bond acceptors (Lipinski definition) is 6. The number of benzene rings is 1. The number of aromatic nitrogens is 2. The Morgan fingerprint density at radius 1 is 1.15 bits per heavy atom. The molecule has 2 heterocycles. The number of piperidine rings is 1. The van der Waals surface area contributed by atoms with Crippen molar-refractivity contribution < 1.29 is 17.9 Å². The highest BCUT2D eigenvalue weighted by Gasteiger charge is 2.36. The van der Waals surface area contributed by atoms with Crippen molar-refractivity contribution >= 4 is 38.6 Å². The van der Waals surface area contributed by atoms with Gasteiger partial charge in [-0.2, -0.15) is 0 Å². The molecule has 7 nitrogen and oxygen atoms in total. The number of ether oxygens (including phenoxy) is 1. The molecule has 1 aromatic heterocycles. The molecule has 2 aromatic rings. The monoisotopic (exact) mass is 411 g/mol. The Labute approximate surface area is 163 Å². The second-order valence-electron chi connectivity index (χ2n) is 7.52. The second kappa shape index (κ2) is 7.24. The lowest BCUT2D eigenvalue weighted by molar-refractivity contribution is 0.0217. The Hall–Kier alpha value is -1.93. The zero-order valence-corrected chi connectivity index (χ0v) is 17.0. The third kappa shape index (κ3) is 4.32. The minimum Gasteiger partial charge on any atom is -0.444 e. The first-order valence-electron chi connectivity index (χ1n) is 8.72. The first-order chi connectivity index (χ1) is 12.6. The summed E-state index contributed by atoms with van der Waals surface area (Å²) in [6.45, 7) is 5.99. The van der Waals surface area contributed by atoms with E-state index < -0.39 is 26.8 Å². The number of carbonyl (C=O) groups excluding carboxylic acids is 1. The molecule has 3 rings (SSSR count). The molecule has 1 amide bonds. The van der Waals surface area contributed by atoms with Gasteiger partial charge in [-0.15, -0.1) is 0 Å². The van der Waals surface area contributed by atoms with Gasteiger partial charge >= 0.3 is 6.09 Å². The van der Waals surface area contributed by atoms with Gasteiger partial charge in [-0.05, 0) is 45.7 Å². The van der Waals surface area contributed by atoms with E-state index in [1.165, 1.54) is 4.90 Å². The molecule has 1 aliphatic heterocycles. The van der Waals surface area contributed by atoms with Gasteiger partial charge in [0.15, 0.2) is 10.2 Å². The predicted molar refractivity (Wildman–Crippen MR) is 103 cm³/mol. The number of hydrogen-bond donors (Lipinski definition) is 0. The normalized spacial score (nSPS) is 16.5. The van der Waals surface area contributed by atoms with Crippen molar-refractivity contribution in [1.82, 2.24) is 14.9 Å². The van der Waals surface area contributed by atoms with Crippen molar-refractivity contribution in [2.45, 2.75) is 49.5 Å². The number of halogens is 1. The van der Waals surface area contributed by atoms with Crippen LogP contribution in [0.2, 0.25) is 5.15 Å². The van der Waals surface area contributed by atoms with Gasteiger partial charge in [-0.25, -0.2) is 23.2 Å². The van der Waals surface area contributed by atoms with Crippen LogP contribution in [0.3, 0.4) is 0 Å². The molecule has 0 unspecified atom stereocenters. The number of fused-ring (bicyclic) bond motifs is 1. The first kappa shape index (κ1) is 19.8. The molecule has 1 saturated heterocycles. The van der Waals surface area contributed by atoms with Crippen LogP contribution in [0, 0.1) is 0 Å². The summed E-state index contributed by atoms with van der Waals surface area (Å²) in [6.07, 6.45) is 0.167. The van der Waals surface area contributed by atoms with Crippen molar-refractivity contribution in [3.8, 4) is 0 Å². The molecule has 1 fully saturated rings. The minimum atomic E-state index is -3.75. The molecule has 0 aliphatic carbocycles. The molecule has 1 aromatic carbocycles. The summed E-state index contributed by atoms with van der Waals surface area (Å²) in [6, 6.07) is 6.97. The first-order valence-corrected chi connectivity index (χ1v) is 10.6. The van der Waals surface area contributed by atoms with E-state index in [4.69, 9.17) is 16.3 Å². The van der Waals surface area contributed by atoms with Crippen LogP contribution in [0.15, 0.2) is 29.3 Å². The lowest BCUT2D eigenvalue weighted by atomic mass is 10.1. The van der Waals surface area contributed by atoms with E-state index in [-0.39, 0.29) is 10.2 Å². The van der Waals surface area contributed by atoms with Crippen LogP contribution in [0.5, 0.6) is 0 Å².